The van der Waals surface area contributed by atoms with Gasteiger partial charge in [-0.3, -0.25) is 0 Å². The lowest BCUT2D eigenvalue weighted by atomic mass is 9.77. The maximum atomic E-state index is 12.3. The van der Waals surface area contributed by atoms with E-state index < -0.39 is 13.4 Å². The molecule has 1 saturated heterocycles. The Kier molecular flexibility index (Phi) is 4.32. The quantitative estimate of drug-likeness (QED) is 0.663. The predicted octanol–water partition coefficient (Wildman–Crippen LogP) is 3.52. The fourth-order valence-electron chi connectivity index (χ4n) is 2.50. The van der Waals surface area contributed by atoms with Crippen molar-refractivity contribution in [1.82, 2.24) is 4.90 Å². The molecule has 1 rings (SSSR count). The Morgan fingerprint density at radius 3 is 2.25 bits per heavy atom. The lowest BCUT2D eigenvalue weighted by Gasteiger charge is -2.30. The number of halogens is 3. The van der Waals surface area contributed by atoms with Crippen LogP contribution in [0.2, 0.25) is 0 Å². The van der Waals surface area contributed by atoms with E-state index in [1.165, 1.54) is 0 Å². The average molecular weight is 236 g/mol. The van der Waals surface area contributed by atoms with Gasteiger partial charge in [-0.1, -0.05) is 20.8 Å². The highest BCUT2D eigenvalue weighted by atomic mass is 19.4. The fraction of sp³-hybridized carbons (Fsp3) is 1.00. The Balaban J connectivity index is 2.47. The average Bonchev–Trinajstić information content (AvgIpc) is 2.25. The third-order valence-electron chi connectivity index (χ3n) is 3.51. The number of hydrogen-bond donors (Lipinski definition) is 0. The van der Waals surface area contributed by atoms with Gasteiger partial charge in [0.2, 0.25) is 0 Å². The summed E-state index contributed by atoms with van der Waals surface area (Å²) >= 11 is 0. The summed E-state index contributed by atoms with van der Waals surface area (Å²) in [4.78, 5) is 1.58. The van der Waals surface area contributed by atoms with Crippen LogP contribution in [0.1, 0.15) is 40.0 Å². The molecule has 0 aromatic rings. The number of rotatable bonds is 2. The first kappa shape index (κ1) is 13.9. The summed E-state index contributed by atoms with van der Waals surface area (Å²) in [5, 5.41) is 0. The van der Waals surface area contributed by atoms with E-state index in [2.05, 4.69) is 20.8 Å². The molecule has 96 valence electrons. The summed E-state index contributed by atoms with van der Waals surface area (Å²) in [6.07, 6.45) is 2.17. The van der Waals surface area contributed by atoms with E-state index in [-0.39, 0.29) is 5.41 Å². The molecular weight excluding hydrogens is 214 g/mol. The van der Waals surface area contributed by atoms with Gasteiger partial charge in [0.05, 0.1) is 0 Å². The van der Waals surface area contributed by atoms with Crippen molar-refractivity contribution >= 4 is 6.98 Å². The zero-order valence-corrected chi connectivity index (χ0v) is 10.5. The Morgan fingerprint density at radius 2 is 1.75 bits per heavy atom. The predicted molar refractivity (Wildman–Crippen MR) is 62.3 cm³/mol. The van der Waals surface area contributed by atoms with Gasteiger partial charge in [0.15, 0.2) is 0 Å². The summed E-state index contributed by atoms with van der Waals surface area (Å²) in [7, 11) is 0. The maximum absolute atomic E-state index is 12.3. The highest BCUT2D eigenvalue weighted by molar-refractivity contribution is 6.58. The van der Waals surface area contributed by atoms with Gasteiger partial charge in [0, 0.05) is 0 Å². The number of nitrogens with zero attached hydrogens (tertiary/aromatic N) is 1. The van der Waals surface area contributed by atoms with Crippen LogP contribution in [-0.4, -0.2) is 31.4 Å². The summed E-state index contributed by atoms with van der Waals surface area (Å²) < 4.78 is 37.0. The van der Waals surface area contributed by atoms with Gasteiger partial charge in [-0.25, -0.2) is 0 Å². The van der Waals surface area contributed by atoms with Gasteiger partial charge in [0.1, 0.15) is 0 Å². The third-order valence-corrected chi connectivity index (χ3v) is 3.51. The van der Waals surface area contributed by atoms with Crippen LogP contribution in [0.4, 0.5) is 12.9 Å². The summed E-state index contributed by atoms with van der Waals surface area (Å²) in [6, 6.07) is 0. The minimum atomic E-state index is -4.66. The van der Waals surface area contributed by atoms with Gasteiger partial charge in [0.25, 0.3) is 0 Å². The van der Waals surface area contributed by atoms with E-state index >= 15 is 0 Å². The van der Waals surface area contributed by atoms with E-state index in [9.17, 15) is 12.9 Å². The summed E-state index contributed by atoms with van der Waals surface area (Å²) in [6.45, 7) is 3.09. The second-order valence-corrected chi connectivity index (χ2v) is 6.00. The van der Waals surface area contributed by atoms with E-state index in [4.69, 9.17) is 0 Å². The second kappa shape index (κ2) is 4.99. The van der Waals surface area contributed by atoms with Crippen molar-refractivity contribution in [2.45, 2.75) is 40.0 Å². The van der Waals surface area contributed by atoms with Crippen molar-refractivity contribution < 1.29 is 12.9 Å². The van der Waals surface area contributed by atoms with Crippen molar-refractivity contribution in [3.05, 3.63) is 0 Å². The lowest BCUT2D eigenvalue weighted by molar-refractivity contribution is 0.209. The molecule has 0 saturated carbocycles. The lowest BCUT2D eigenvalue weighted by Crippen LogP contribution is -2.38. The normalized spacial score (nSPS) is 25.5. The minimum Gasteiger partial charge on any atom is -0.448 e. The van der Waals surface area contributed by atoms with Crippen LogP contribution in [0.15, 0.2) is 0 Å². The minimum absolute atomic E-state index is 0.222. The molecule has 1 nitrogen and oxygen atoms in total. The Hall–Kier alpha value is -0.185. The third kappa shape index (κ3) is 4.77. The SMILES string of the molecule is CC(C)(C)C1CCCN(C[B-](F)(F)F)CC1. The van der Waals surface area contributed by atoms with Crippen LogP contribution in [0.3, 0.4) is 0 Å². The molecule has 0 N–H and O–H groups in total. The van der Waals surface area contributed by atoms with Crippen LogP contribution in [0.25, 0.3) is 0 Å². The van der Waals surface area contributed by atoms with Gasteiger partial charge < -0.3 is 17.8 Å². The topological polar surface area (TPSA) is 3.24 Å². The molecule has 5 heteroatoms. The van der Waals surface area contributed by atoms with Crippen LogP contribution in [-0.2, 0) is 0 Å². The monoisotopic (exact) mass is 236 g/mol. The second-order valence-electron chi connectivity index (χ2n) is 6.00. The molecule has 1 aliphatic rings. The van der Waals surface area contributed by atoms with Crippen LogP contribution in [0.5, 0.6) is 0 Å². The molecule has 0 aromatic heterocycles. The zero-order valence-electron chi connectivity index (χ0n) is 10.5. The zero-order chi connectivity index (χ0) is 12.4. The largest absolute Gasteiger partial charge is 0.492 e. The highest BCUT2D eigenvalue weighted by Crippen LogP contribution is 2.34. The summed E-state index contributed by atoms with van der Waals surface area (Å²) in [5.41, 5.74) is 0.222. The van der Waals surface area contributed by atoms with Crippen molar-refractivity contribution in [1.29, 1.82) is 0 Å². The molecular formula is C11H22BF3N-. The van der Waals surface area contributed by atoms with Crippen LogP contribution >= 0.6 is 0 Å². The molecule has 0 bridgehead atoms. The molecule has 16 heavy (non-hydrogen) atoms. The van der Waals surface area contributed by atoms with E-state index in [0.717, 1.165) is 19.3 Å². The number of hydrogen-bond acceptors (Lipinski definition) is 1. The molecule has 1 fully saturated rings. The van der Waals surface area contributed by atoms with Gasteiger partial charge in [-0.2, -0.15) is 0 Å². The van der Waals surface area contributed by atoms with Crippen molar-refractivity contribution in [2.24, 2.45) is 11.3 Å². The first-order valence-corrected chi connectivity index (χ1v) is 6.12. The molecule has 0 aromatic carbocycles. The standard InChI is InChI=1S/C11H22BF3N/c1-11(2,3)10-5-4-7-16(8-6-10)9-12(13,14)15/h10H,4-9H2,1-3H3/q-1. The van der Waals surface area contributed by atoms with Gasteiger partial charge in [-0.05, 0) is 50.1 Å². The van der Waals surface area contributed by atoms with E-state index in [1.54, 1.807) is 4.90 Å². The maximum Gasteiger partial charge on any atom is 0.492 e. The smallest absolute Gasteiger partial charge is 0.448 e. The first-order chi connectivity index (χ1) is 7.18. The fourth-order valence-corrected chi connectivity index (χ4v) is 2.50. The van der Waals surface area contributed by atoms with Crippen LogP contribution in [0, 0.1) is 11.3 Å². The summed E-state index contributed by atoms with van der Waals surface area (Å²) in [5.74, 6) is 0.554. The van der Waals surface area contributed by atoms with Crippen molar-refractivity contribution in [3.8, 4) is 0 Å². The molecule has 1 heterocycles. The first-order valence-electron chi connectivity index (χ1n) is 6.12. The van der Waals surface area contributed by atoms with Gasteiger partial charge in [-0.15, -0.1) is 0 Å². The molecule has 0 spiro atoms. The van der Waals surface area contributed by atoms with E-state index in [0.29, 0.717) is 19.0 Å². The Bertz CT molecular complexity index is 222. The van der Waals surface area contributed by atoms with Crippen molar-refractivity contribution in [3.63, 3.8) is 0 Å². The van der Waals surface area contributed by atoms with Crippen molar-refractivity contribution in [2.75, 3.05) is 19.5 Å². The molecule has 0 aliphatic carbocycles. The molecule has 0 amide bonds. The van der Waals surface area contributed by atoms with Crippen LogP contribution < -0.4 is 0 Å². The molecule has 0 radical (unpaired) electrons. The molecule has 1 atom stereocenters. The highest BCUT2D eigenvalue weighted by Gasteiger charge is 2.30. The molecule has 1 unspecified atom stereocenters. The van der Waals surface area contributed by atoms with E-state index in [1.807, 2.05) is 0 Å². The Morgan fingerprint density at radius 1 is 1.12 bits per heavy atom. The number of likely N-dealkylation sites (tertiary alicyclic amines) is 1. The molecule has 1 aliphatic heterocycles. The van der Waals surface area contributed by atoms with Gasteiger partial charge >= 0.3 is 6.98 Å². The Labute approximate surface area is 96.4 Å².